The van der Waals surface area contributed by atoms with Crippen LogP contribution in [0.3, 0.4) is 0 Å². The SMILES string of the molecule is O=C1[C@H]2CC=C(Cl)C[C@@H]2C(=O)N1CCBr. The number of carbonyl (C=O) groups is 2. The summed E-state index contributed by atoms with van der Waals surface area (Å²) in [4.78, 5) is 25.1. The van der Waals surface area contributed by atoms with Crippen molar-refractivity contribution in [2.24, 2.45) is 11.8 Å². The van der Waals surface area contributed by atoms with Crippen molar-refractivity contribution < 1.29 is 9.59 Å². The van der Waals surface area contributed by atoms with Crippen LogP contribution in [0.4, 0.5) is 0 Å². The number of imide groups is 1. The number of carbonyl (C=O) groups excluding carboxylic acids is 2. The van der Waals surface area contributed by atoms with E-state index in [1.807, 2.05) is 6.08 Å². The van der Waals surface area contributed by atoms with Gasteiger partial charge in [0, 0.05) is 16.9 Å². The first-order chi connectivity index (χ1) is 7.15. The van der Waals surface area contributed by atoms with Crippen molar-refractivity contribution in [2.45, 2.75) is 12.8 Å². The molecule has 0 aromatic heterocycles. The average molecular weight is 293 g/mol. The zero-order valence-electron chi connectivity index (χ0n) is 8.08. The van der Waals surface area contributed by atoms with Gasteiger partial charge in [-0.05, 0) is 12.8 Å². The molecule has 2 atom stereocenters. The van der Waals surface area contributed by atoms with Crippen LogP contribution >= 0.6 is 27.5 Å². The molecule has 0 unspecified atom stereocenters. The van der Waals surface area contributed by atoms with E-state index < -0.39 is 0 Å². The van der Waals surface area contributed by atoms with Crippen molar-refractivity contribution in [3.05, 3.63) is 11.1 Å². The van der Waals surface area contributed by atoms with Gasteiger partial charge in [0.25, 0.3) is 0 Å². The Morgan fingerprint density at radius 1 is 1.40 bits per heavy atom. The van der Waals surface area contributed by atoms with E-state index in [2.05, 4.69) is 15.9 Å². The van der Waals surface area contributed by atoms with Gasteiger partial charge in [-0.1, -0.05) is 33.6 Å². The van der Waals surface area contributed by atoms with Gasteiger partial charge >= 0.3 is 0 Å². The molecule has 15 heavy (non-hydrogen) atoms. The fourth-order valence-corrected chi connectivity index (χ4v) is 2.81. The van der Waals surface area contributed by atoms with Crippen LogP contribution in [0.5, 0.6) is 0 Å². The van der Waals surface area contributed by atoms with Gasteiger partial charge in [-0.25, -0.2) is 0 Å². The molecule has 1 heterocycles. The Morgan fingerprint density at radius 2 is 2.07 bits per heavy atom. The summed E-state index contributed by atoms with van der Waals surface area (Å²) in [5.41, 5.74) is 0. The summed E-state index contributed by atoms with van der Waals surface area (Å²) in [5.74, 6) is -0.478. The molecule has 5 heteroatoms. The van der Waals surface area contributed by atoms with E-state index in [-0.39, 0.29) is 23.7 Å². The van der Waals surface area contributed by atoms with Gasteiger partial charge in [-0.3, -0.25) is 14.5 Å². The van der Waals surface area contributed by atoms with Gasteiger partial charge in [0.15, 0.2) is 0 Å². The second kappa shape index (κ2) is 4.26. The number of halogens is 2. The van der Waals surface area contributed by atoms with Gasteiger partial charge in [0.1, 0.15) is 0 Å². The number of hydrogen-bond donors (Lipinski definition) is 0. The topological polar surface area (TPSA) is 37.4 Å². The molecule has 2 rings (SSSR count). The standard InChI is InChI=1S/C10H11BrClNO2/c11-3-4-13-9(14)7-2-1-6(12)5-8(7)10(13)15/h1,7-8H,2-5H2/t7-,8-/m0/s1. The van der Waals surface area contributed by atoms with Crippen molar-refractivity contribution in [2.75, 3.05) is 11.9 Å². The molecule has 2 amide bonds. The second-order valence-electron chi connectivity index (χ2n) is 3.82. The van der Waals surface area contributed by atoms with Crippen molar-refractivity contribution >= 4 is 39.3 Å². The lowest BCUT2D eigenvalue weighted by molar-refractivity contribution is -0.139. The summed E-state index contributed by atoms with van der Waals surface area (Å²) in [6.07, 6.45) is 2.98. The Bertz CT molecular complexity index is 342. The molecular formula is C10H11BrClNO2. The van der Waals surface area contributed by atoms with E-state index in [0.29, 0.717) is 29.7 Å². The quantitative estimate of drug-likeness (QED) is 0.576. The van der Waals surface area contributed by atoms with Gasteiger partial charge in [0.2, 0.25) is 11.8 Å². The highest BCUT2D eigenvalue weighted by molar-refractivity contribution is 9.09. The van der Waals surface area contributed by atoms with E-state index in [0.717, 1.165) is 0 Å². The summed E-state index contributed by atoms with van der Waals surface area (Å²) in [7, 11) is 0. The number of nitrogens with zero attached hydrogens (tertiary/aromatic N) is 1. The number of fused-ring (bicyclic) bond motifs is 1. The summed E-state index contributed by atoms with van der Waals surface area (Å²) < 4.78 is 0. The van der Waals surface area contributed by atoms with E-state index in [1.54, 1.807) is 0 Å². The largest absolute Gasteiger partial charge is 0.281 e. The molecule has 1 fully saturated rings. The van der Waals surface area contributed by atoms with Gasteiger partial charge in [0.05, 0.1) is 11.8 Å². The molecular weight excluding hydrogens is 281 g/mol. The van der Waals surface area contributed by atoms with E-state index in [9.17, 15) is 9.59 Å². The molecule has 0 radical (unpaired) electrons. The van der Waals surface area contributed by atoms with Crippen molar-refractivity contribution in [3.63, 3.8) is 0 Å². The molecule has 82 valence electrons. The lowest BCUT2D eigenvalue weighted by atomic mass is 9.85. The minimum atomic E-state index is -0.214. The zero-order chi connectivity index (χ0) is 11.0. The lowest BCUT2D eigenvalue weighted by Gasteiger charge is -2.17. The van der Waals surface area contributed by atoms with Gasteiger partial charge in [-0.15, -0.1) is 0 Å². The van der Waals surface area contributed by atoms with Gasteiger partial charge in [-0.2, -0.15) is 0 Å². The average Bonchev–Trinajstić information content (AvgIpc) is 2.44. The molecule has 0 spiro atoms. The first-order valence-corrected chi connectivity index (χ1v) is 6.41. The van der Waals surface area contributed by atoms with Crippen LogP contribution in [-0.4, -0.2) is 28.6 Å². The van der Waals surface area contributed by atoms with Crippen LogP contribution in [0.25, 0.3) is 0 Å². The van der Waals surface area contributed by atoms with Crippen molar-refractivity contribution in [3.8, 4) is 0 Å². The van der Waals surface area contributed by atoms with Crippen LogP contribution < -0.4 is 0 Å². The van der Waals surface area contributed by atoms with E-state index in [1.165, 1.54) is 4.90 Å². The number of amides is 2. The first-order valence-electron chi connectivity index (χ1n) is 4.91. The third kappa shape index (κ3) is 1.85. The zero-order valence-corrected chi connectivity index (χ0v) is 10.4. The second-order valence-corrected chi connectivity index (χ2v) is 5.10. The summed E-state index contributed by atoms with van der Waals surface area (Å²) in [5, 5.41) is 1.34. The highest BCUT2D eigenvalue weighted by Gasteiger charge is 2.47. The summed E-state index contributed by atoms with van der Waals surface area (Å²) >= 11 is 9.13. The first kappa shape index (κ1) is 11.1. The number of hydrogen-bond acceptors (Lipinski definition) is 2. The van der Waals surface area contributed by atoms with Crippen LogP contribution in [-0.2, 0) is 9.59 Å². The van der Waals surface area contributed by atoms with Crippen LogP contribution in [0.1, 0.15) is 12.8 Å². The Kier molecular flexibility index (Phi) is 3.16. The molecule has 3 nitrogen and oxygen atoms in total. The smallest absolute Gasteiger partial charge is 0.233 e. The maximum absolute atomic E-state index is 11.9. The number of alkyl halides is 1. The van der Waals surface area contributed by atoms with Crippen molar-refractivity contribution in [1.29, 1.82) is 0 Å². The molecule has 0 saturated carbocycles. The van der Waals surface area contributed by atoms with E-state index in [4.69, 9.17) is 11.6 Å². The third-order valence-corrected chi connectivity index (χ3v) is 3.63. The van der Waals surface area contributed by atoms with Crippen LogP contribution in [0, 0.1) is 11.8 Å². The maximum Gasteiger partial charge on any atom is 0.233 e. The van der Waals surface area contributed by atoms with E-state index >= 15 is 0 Å². The lowest BCUT2D eigenvalue weighted by Crippen LogP contribution is -2.32. The molecule has 0 aromatic rings. The molecule has 1 aliphatic carbocycles. The Hall–Kier alpha value is -0.350. The number of rotatable bonds is 2. The normalized spacial score (nSPS) is 30.5. The minimum absolute atomic E-state index is 0.0372. The van der Waals surface area contributed by atoms with Crippen LogP contribution in [0.2, 0.25) is 0 Å². The number of likely N-dealkylation sites (tertiary alicyclic amines) is 1. The third-order valence-electron chi connectivity index (χ3n) is 2.97. The maximum atomic E-state index is 11.9. The summed E-state index contributed by atoms with van der Waals surface area (Å²) in [6.45, 7) is 0.461. The minimum Gasteiger partial charge on any atom is -0.281 e. The summed E-state index contributed by atoms with van der Waals surface area (Å²) in [6, 6.07) is 0. The molecule has 0 aromatic carbocycles. The molecule has 1 saturated heterocycles. The van der Waals surface area contributed by atoms with Gasteiger partial charge < -0.3 is 0 Å². The Morgan fingerprint density at radius 3 is 2.73 bits per heavy atom. The molecule has 1 aliphatic heterocycles. The Labute approximate surface area is 102 Å². The highest BCUT2D eigenvalue weighted by Crippen LogP contribution is 2.38. The monoisotopic (exact) mass is 291 g/mol. The molecule has 0 N–H and O–H groups in total. The Balaban J connectivity index is 2.20. The predicted octanol–water partition coefficient (Wildman–Crippen LogP) is 1.90. The molecule has 0 bridgehead atoms. The predicted molar refractivity (Wildman–Crippen MR) is 60.7 cm³/mol. The van der Waals surface area contributed by atoms with Crippen LogP contribution in [0.15, 0.2) is 11.1 Å². The van der Waals surface area contributed by atoms with Crippen molar-refractivity contribution in [1.82, 2.24) is 4.90 Å². The molecule has 2 aliphatic rings. The fourth-order valence-electron chi connectivity index (χ4n) is 2.20. The number of allylic oxidation sites excluding steroid dienone is 2. The highest BCUT2D eigenvalue weighted by atomic mass is 79.9. The fraction of sp³-hybridized carbons (Fsp3) is 0.600.